The van der Waals surface area contributed by atoms with Gasteiger partial charge in [0, 0.05) is 36.3 Å². The molecule has 0 bridgehead atoms. The highest BCUT2D eigenvalue weighted by Gasteiger charge is 2.07. The fraction of sp³-hybridized carbons (Fsp3) is 0.188. The molecule has 1 N–H and O–H groups in total. The lowest BCUT2D eigenvalue weighted by atomic mass is 10.1. The van der Waals surface area contributed by atoms with Crippen molar-refractivity contribution in [2.45, 2.75) is 13.3 Å². The Morgan fingerprint density at radius 3 is 2.86 bits per heavy atom. The zero-order chi connectivity index (χ0) is 15.4. The molecular formula is C16H16N4OS. The van der Waals surface area contributed by atoms with E-state index in [-0.39, 0.29) is 5.91 Å². The number of hydrogen-bond acceptors (Lipinski definition) is 4. The molecule has 2 heterocycles. The van der Waals surface area contributed by atoms with Gasteiger partial charge in [0.1, 0.15) is 0 Å². The molecule has 0 saturated carbocycles. The van der Waals surface area contributed by atoms with E-state index in [0.717, 1.165) is 16.4 Å². The molecule has 3 rings (SSSR count). The molecule has 0 aliphatic heterocycles. The number of nitrogens with one attached hydrogen (secondary N) is 1. The largest absolute Gasteiger partial charge is 0.352 e. The van der Waals surface area contributed by atoms with Crippen molar-refractivity contribution in [2.24, 2.45) is 0 Å². The fourth-order valence-corrected chi connectivity index (χ4v) is 2.81. The zero-order valence-corrected chi connectivity index (χ0v) is 13.0. The molecule has 6 heteroatoms. The fourth-order valence-electron chi connectivity index (χ4n) is 2.01. The van der Waals surface area contributed by atoms with Crippen LogP contribution in [0.25, 0.3) is 5.13 Å². The van der Waals surface area contributed by atoms with Crippen LogP contribution in [0.1, 0.15) is 21.6 Å². The van der Waals surface area contributed by atoms with Gasteiger partial charge in [-0.25, -0.2) is 9.67 Å². The zero-order valence-electron chi connectivity index (χ0n) is 12.2. The van der Waals surface area contributed by atoms with Crippen LogP contribution in [-0.4, -0.2) is 27.2 Å². The van der Waals surface area contributed by atoms with Crippen molar-refractivity contribution in [3.05, 3.63) is 64.9 Å². The Balaban J connectivity index is 1.53. The Morgan fingerprint density at radius 2 is 2.14 bits per heavy atom. The summed E-state index contributed by atoms with van der Waals surface area (Å²) in [5.41, 5.74) is 2.78. The summed E-state index contributed by atoms with van der Waals surface area (Å²) in [6.45, 7) is 2.57. The maximum atomic E-state index is 12.0. The van der Waals surface area contributed by atoms with E-state index in [1.165, 1.54) is 0 Å². The Hall–Kier alpha value is -2.47. The van der Waals surface area contributed by atoms with E-state index in [9.17, 15) is 4.79 Å². The lowest BCUT2D eigenvalue weighted by Crippen LogP contribution is -2.25. The summed E-state index contributed by atoms with van der Waals surface area (Å²) in [4.78, 5) is 16.5. The second-order valence-corrected chi connectivity index (χ2v) is 5.78. The standard InChI is InChI=1S/C16H16N4OS/c1-12-3-5-13(6-4-12)15(21)17-9-7-14-11-22-16(19-14)20-10-2-8-18-20/h2-6,8,10-11H,7,9H2,1H3,(H,17,21). The molecule has 0 aliphatic carbocycles. The summed E-state index contributed by atoms with van der Waals surface area (Å²) in [5, 5.41) is 9.90. The molecular weight excluding hydrogens is 296 g/mol. The summed E-state index contributed by atoms with van der Waals surface area (Å²) in [6.07, 6.45) is 4.29. The minimum absolute atomic E-state index is 0.0532. The Bertz CT molecular complexity index is 747. The molecule has 0 atom stereocenters. The van der Waals surface area contributed by atoms with Crippen molar-refractivity contribution in [1.82, 2.24) is 20.1 Å². The lowest BCUT2D eigenvalue weighted by molar-refractivity contribution is 0.0954. The van der Waals surface area contributed by atoms with Gasteiger partial charge < -0.3 is 5.32 Å². The smallest absolute Gasteiger partial charge is 0.251 e. The molecule has 0 spiro atoms. The van der Waals surface area contributed by atoms with Gasteiger partial charge >= 0.3 is 0 Å². The molecule has 1 aromatic carbocycles. The minimum atomic E-state index is -0.0532. The van der Waals surface area contributed by atoms with Crippen LogP contribution in [-0.2, 0) is 6.42 Å². The van der Waals surface area contributed by atoms with Gasteiger partial charge in [0.15, 0.2) is 0 Å². The van der Waals surface area contributed by atoms with Crippen molar-refractivity contribution in [2.75, 3.05) is 6.54 Å². The molecule has 0 radical (unpaired) electrons. The molecule has 0 fully saturated rings. The monoisotopic (exact) mass is 312 g/mol. The number of rotatable bonds is 5. The summed E-state index contributed by atoms with van der Waals surface area (Å²) in [7, 11) is 0. The molecule has 5 nitrogen and oxygen atoms in total. The van der Waals surface area contributed by atoms with Gasteiger partial charge in [-0.15, -0.1) is 11.3 Å². The third-order valence-corrected chi connectivity index (χ3v) is 4.10. The number of nitrogens with zero attached hydrogens (tertiary/aromatic N) is 3. The highest BCUT2D eigenvalue weighted by Crippen LogP contribution is 2.13. The highest BCUT2D eigenvalue weighted by atomic mass is 32.1. The van der Waals surface area contributed by atoms with E-state index in [0.29, 0.717) is 18.5 Å². The first kappa shape index (κ1) is 14.5. The molecule has 3 aromatic rings. The van der Waals surface area contributed by atoms with Gasteiger partial charge in [-0.2, -0.15) is 5.10 Å². The molecule has 0 aliphatic rings. The van der Waals surface area contributed by atoms with Gasteiger partial charge in [0.2, 0.25) is 5.13 Å². The van der Waals surface area contributed by atoms with Crippen molar-refractivity contribution >= 4 is 17.2 Å². The number of hydrogen-bond donors (Lipinski definition) is 1. The molecule has 22 heavy (non-hydrogen) atoms. The highest BCUT2D eigenvalue weighted by molar-refractivity contribution is 7.12. The third kappa shape index (κ3) is 3.40. The van der Waals surface area contributed by atoms with Gasteiger partial charge in [0.25, 0.3) is 5.91 Å². The number of aromatic nitrogens is 3. The summed E-state index contributed by atoms with van der Waals surface area (Å²) in [6, 6.07) is 9.41. The van der Waals surface area contributed by atoms with Crippen molar-refractivity contribution < 1.29 is 4.79 Å². The minimum Gasteiger partial charge on any atom is -0.352 e. The van der Waals surface area contributed by atoms with Crippen LogP contribution in [0.2, 0.25) is 0 Å². The Kier molecular flexibility index (Phi) is 4.29. The summed E-state index contributed by atoms with van der Waals surface area (Å²) < 4.78 is 1.74. The maximum Gasteiger partial charge on any atom is 0.251 e. The predicted molar refractivity (Wildman–Crippen MR) is 86.5 cm³/mol. The lowest BCUT2D eigenvalue weighted by Gasteiger charge is -2.04. The SMILES string of the molecule is Cc1ccc(C(=O)NCCc2csc(-n3cccn3)n2)cc1. The Morgan fingerprint density at radius 1 is 1.32 bits per heavy atom. The number of carbonyl (C=O) groups is 1. The predicted octanol–water partition coefficient (Wildman–Crippen LogP) is 2.61. The number of carbonyl (C=O) groups excluding carboxylic acids is 1. The van der Waals surface area contributed by atoms with E-state index in [4.69, 9.17) is 0 Å². The number of thiazole rings is 1. The Labute approximate surface area is 132 Å². The average molecular weight is 312 g/mol. The van der Waals surface area contributed by atoms with Crippen molar-refractivity contribution in [3.8, 4) is 5.13 Å². The number of amides is 1. The summed E-state index contributed by atoms with van der Waals surface area (Å²) in [5.74, 6) is -0.0532. The van der Waals surface area contributed by atoms with Gasteiger partial charge in [-0.05, 0) is 25.1 Å². The first-order valence-corrected chi connectivity index (χ1v) is 7.89. The first-order chi connectivity index (χ1) is 10.7. The van der Waals surface area contributed by atoms with Crippen LogP contribution in [0.4, 0.5) is 0 Å². The van der Waals surface area contributed by atoms with E-state index in [1.54, 1.807) is 22.2 Å². The average Bonchev–Trinajstić information content (AvgIpc) is 3.19. The van der Waals surface area contributed by atoms with Crippen molar-refractivity contribution in [3.63, 3.8) is 0 Å². The van der Waals surface area contributed by atoms with Gasteiger partial charge in [-0.1, -0.05) is 17.7 Å². The molecule has 2 aromatic heterocycles. The van der Waals surface area contributed by atoms with Crippen LogP contribution < -0.4 is 5.32 Å². The molecule has 0 saturated heterocycles. The van der Waals surface area contributed by atoms with Crippen LogP contribution in [0.3, 0.4) is 0 Å². The van der Waals surface area contributed by atoms with E-state index < -0.39 is 0 Å². The third-order valence-electron chi connectivity index (χ3n) is 3.22. The van der Waals surface area contributed by atoms with E-state index >= 15 is 0 Å². The van der Waals surface area contributed by atoms with E-state index in [2.05, 4.69) is 15.4 Å². The first-order valence-electron chi connectivity index (χ1n) is 7.01. The number of aryl methyl sites for hydroxylation is 1. The topological polar surface area (TPSA) is 59.8 Å². The van der Waals surface area contributed by atoms with Crippen LogP contribution in [0, 0.1) is 6.92 Å². The van der Waals surface area contributed by atoms with Crippen LogP contribution in [0.5, 0.6) is 0 Å². The molecule has 1 amide bonds. The van der Waals surface area contributed by atoms with Gasteiger partial charge in [-0.3, -0.25) is 4.79 Å². The normalized spacial score (nSPS) is 10.6. The van der Waals surface area contributed by atoms with Crippen molar-refractivity contribution in [1.29, 1.82) is 0 Å². The van der Waals surface area contributed by atoms with Gasteiger partial charge in [0.05, 0.1) is 5.69 Å². The quantitative estimate of drug-likeness (QED) is 0.788. The van der Waals surface area contributed by atoms with E-state index in [1.807, 2.05) is 48.8 Å². The second-order valence-electron chi connectivity index (χ2n) is 4.94. The van der Waals surface area contributed by atoms with Crippen LogP contribution in [0.15, 0.2) is 48.1 Å². The summed E-state index contributed by atoms with van der Waals surface area (Å²) >= 11 is 1.54. The molecule has 0 unspecified atom stereocenters. The number of benzene rings is 1. The molecule has 112 valence electrons. The van der Waals surface area contributed by atoms with Crippen LogP contribution >= 0.6 is 11.3 Å². The second kappa shape index (κ2) is 6.53. The maximum absolute atomic E-state index is 12.0.